The van der Waals surface area contributed by atoms with E-state index in [4.69, 9.17) is 4.98 Å². The smallest absolute Gasteiger partial charge is 0.317 e. The number of fused-ring (bicyclic) bond motifs is 1. The van der Waals surface area contributed by atoms with Crippen molar-refractivity contribution in [2.45, 2.75) is 13.8 Å². The zero-order chi connectivity index (χ0) is 25.1. The summed E-state index contributed by atoms with van der Waals surface area (Å²) in [6.07, 6.45) is 0. The number of hydrogen-bond donors (Lipinski definition) is 2. The average molecular weight is 483 g/mol. The second-order valence-corrected chi connectivity index (χ2v) is 8.83. The van der Waals surface area contributed by atoms with Crippen molar-refractivity contribution in [2.24, 2.45) is 0 Å². The highest BCUT2D eigenvalue weighted by molar-refractivity contribution is 5.84. The summed E-state index contributed by atoms with van der Waals surface area (Å²) >= 11 is 0. The van der Waals surface area contributed by atoms with Gasteiger partial charge in [-0.2, -0.15) is 0 Å². The molecule has 5 rings (SSSR count). The molecule has 184 valence electrons. The van der Waals surface area contributed by atoms with E-state index in [1.807, 2.05) is 90.0 Å². The number of urea groups is 1. The van der Waals surface area contributed by atoms with Gasteiger partial charge in [-0.15, -0.1) is 0 Å². The Hall–Kier alpha value is -4.33. The number of amides is 2. The van der Waals surface area contributed by atoms with E-state index in [9.17, 15) is 9.59 Å². The van der Waals surface area contributed by atoms with Gasteiger partial charge in [0.15, 0.2) is 5.43 Å². The van der Waals surface area contributed by atoms with Gasteiger partial charge in [0.05, 0.1) is 16.8 Å². The normalized spacial score (nSPS) is 13.6. The van der Waals surface area contributed by atoms with Crippen molar-refractivity contribution in [3.05, 3.63) is 88.7 Å². The Labute approximate surface area is 210 Å². The number of nitrogens with one attached hydrogen (secondary N) is 2. The quantitative estimate of drug-likeness (QED) is 0.444. The molecule has 0 saturated carbocycles. The molecule has 3 heterocycles. The molecule has 0 bridgehead atoms. The van der Waals surface area contributed by atoms with Gasteiger partial charge in [0.1, 0.15) is 11.5 Å². The van der Waals surface area contributed by atoms with Gasteiger partial charge in [0.25, 0.3) is 0 Å². The summed E-state index contributed by atoms with van der Waals surface area (Å²) in [7, 11) is 0. The number of benzene rings is 2. The van der Waals surface area contributed by atoms with Crippen LogP contribution in [0.5, 0.6) is 0 Å². The Balaban J connectivity index is 1.57. The van der Waals surface area contributed by atoms with Gasteiger partial charge in [0.2, 0.25) is 0 Å². The number of nitrogens with zero attached hydrogens (tertiary/aromatic N) is 4. The van der Waals surface area contributed by atoms with Gasteiger partial charge >= 0.3 is 6.03 Å². The van der Waals surface area contributed by atoms with Crippen LogP contribution in [-0.2, 0) is 0 Å². The molecule has 2 N–H and O–H groups in total. The zero-order valence-electron chi connectivity index (χ0n) is 20.6. The van der Waals surface area contributed by atoms with Crippen LogP contribution in [0.15, 0.2) is 77.6 Å². The number of aryl methyl sites for hydroxylation is 1. The van der Waals surface area contributed by atoms with E-state index in [1.54, 1.807) is 6.07 Å². The molecule has 0 atom stereocenters. The highest BCUT2D eigenvalue weighted by atomic mass is 16.2. The maximum Gasteiger partial charge on any atom is 0.317 e. The summed E-state index contributed by atoms with van der Waals surface area (Å²) < 4.78 is 1.99. The van der Waals surface area contributed by atoms with Crippen LogP contribution in [0.3, 0.4) is 0 Å². The lowest BCUT2D eigenvalue weighted by atomic mass is 10.1. The molecule has 1 fully saturated rings. The molecule has 8 heteroatoms. The van der Waals surface area contributed by atoms with Gasteiger partial charge in [0, 0.05) is 50.2 Å². The molecular formula is C28H30N6O2. The lowest BCUT2D eigenvalue weighted by molar-refractivity contribution is 0.195. The molecule has 4 aromatic rings. The number of anilines is 3. The molecule has 1 aliphatic rings. The third-order valence-electron chi connectivity index (χ3n) is 6.45. The van der Waals surface area contributed by atoms with E-state index in [1.165, 1.54) is 0 Å². The molecule has 0 unspecified atom stereocenters. The van der Waals surface area contributed by atoms with E-state index in [-0.39, 0.29) is 11.5 Å². The van der Waals surface area contributed by atoms with Crippen LogP contribution in [0.1, 0.15) is 12.6 Å². The highest BCUT2D eigenvalue weighted by Gasteiger charge is 2.23. The van der Waals surface area contributed by atoms with Gasteiger partial charge in [-0.25, -0.2) is 9.78 Å². The standard InChI is InChI=1S/C28H30N6O2/c1-3-29-28(36)33-16-14-32(15-17-33)24-18-23-25(35)19-26(31-21-10-6-4-7-11-21)34(27(23)30-20(24)2)22-12-8-5-9-13-22/h4-13,18-19,31H,3,14-17H2,1-2H3,(H,29,36). The molecule has 2 amide bonds. The summed E-state index contributed by atoms with van der Waals surface area (Å²) in [5, 5.41) is 6.82. The van der Waals surface area contributed by atoms with Crippen molar-refractivity contribution in [1.29, 1.82) is 0 Å². The van der Waals surface area contributed by atoms with E-state index < -0.39 is 0 Å². The lowest BCUT2D eigenvalue weighted by Gasteiger charge is -2.36. The summed E-state index contributed by atoms with van der Waals surface area (Å²) in [5.41, 5.74) is 4.09. The molecule has 0 spiro atoms. The first kappa shape index (κ1) is 23.4. The highest BCUT2D eigenvalue weighted by Crippen LogP contribution is 2.28. The molecule has 1 aliphatic heterocycles. The fraction of sp³-hybridized carbons (Fsp3) is 0.250. The molecule has 8 nitrogen and oxygen atoms in total. The fourth-order valence-electron chi connectivity index (χ4n) is 4.65. The van der Waals surface area contributed by atoms with Crippen LogP contribution < -0.4 is 21.0 Å². The van der Waals surface area contributed by atoms with Crippen LogP contribution in [0, 0.1) is 6.92 Å². The van der Waals surface area contributed by atoms with Crippen molar-refractivity contribution in [3.63, 3.8) is 0 Å². The third kappa shape index (κ3) is 4.62. The summed E-state index contributed by atoms with van der Waals surface area (Å²) in [6.45, 7) is 7.12. The molecule has 2 aromatic carbocycles. The molecule has 36 heavy (non-hydrogen) atoms. The predicted molar refractivity (Wildman–Crippen MR) is 145 cm³/mol. The summed E-state index contributed by atoms with van der Waals surface area (Å²) in [6, 6.07) is 23.3. The second kappa shape index (κ2) is 10.1. The number of piperazine rings is 1. The maximum atomic E-state index is 13.4. The topological polar surface area (TPSA) is 82.5 Å². The number of pyridine rings is 2. The molecule has 0 aliphatic carbocycles. The minimum atomic E-state index is -0.0923. The minimum absolute atomic E-state index is 0.0327. The second-order valence-electron chi connectivity index (χ2n) is 8.83. The van der Waals surface area contributed by atoms with Crippen LogP contribution in [-0.4, -0.2) is 53.2 Å². The van der Waals surface area contributed by atoms with Crippen LogP contribution in [0.4, 0.5) is 22.0 Å². The van der Waals surface area contributed by atoms with Crippen molar-refractivity contribution < 1.29 is 4.79 Å². The number of para-hydroxylation sites is 2. The van der Waals surface area contributed by atoms with E-state index in [0.717, 1.165) is 22.8 Å². The number of carbonyl (C=O) groups is 1. The van der Waals surface area contributed by atoms with E-state index in [2.05, 4.69) is 15.5 Å². The number of hydrogen-bond acceptors (Lipinski definition) is 5. The minimum Gasteiger partial charge on any atom is -0.366 e. The van der Waals surface area contributed by atoms with Gasteiger partial charge in [-0.3, -0.25) is 9.36 Å². The predicted octanol–water partition coefficient (Wildman–Crippen LogP) is 4.29. The molecule has 0 radical (unpaired) electrons. The zero-order valence-corrected chi connectivity index (χ0v) is 20.6. The Bertz CT molecular complexity index is 1430. The van der Waals surface area contributed by atoms with Crippen molar-refractivity contribution in [2.75, 3.05) is 42.9 Å². The Morgan fingerprint density at radius 2 is 1.61 bits per heavy atom. The largest absolute Gasteiger partial charge is 0.366 e. The Morgan fingerprint density at radius 1 is 0.944 bits per heavy atom. The first-order chi connectivity index (χ1) is 17.5. The third-order valence-corrected chi connectivity index (χ3v) is 6.45. The average Bonchev–Trinajstić information content (AvgIpc) is 2.90. The molecule has 1 saturated heterocycles. The first-order valence-electron chi connectivity index (χ1n) is 12.3. The van der Waals surface area contributed by atoms with Gasteiger partial charge in [-0.05, 0) is 44.2 Å². The van der Waals surface area contributed by atoms with E-state index >= 15 is 0 Å². The number of rotatable bonds is 5. The SMILES string of the molecule is CCNC(=O)N1CCN(c2cc3c(=O)cc(Nc4ccccc4)n(-c4ccccc4)c3nc2C)CC1. The number of aromatic nitrogens is 2. The monoisotopic (exact) mass is 482 g/mol. The molecule has 2 aromatic heterocycles. The first-order valence-corrected chi connectivity index (χ1v) is 12.3. The van der Waals surface area contributed by atoms with E-state index in [0.29, 0.717) is 49.6 Å². The van der Waals surface area contributed by atoms with Gasteiger partial charge in [-0.1, -0.05) is 36.4 Å². The Morgan fingerprint density at radius 3 is 2.28 bits per heavy atom. The summed E-state index contributed by atoms with van der Waals surface area (Å²) in [5.74, 6) is 0.653. The fourth-order valence-corrected chi connectivity index (χ4v) is 4.65. The number of carbonyl (C=O) groups excluding carboxylic acids is 1. The molecular weight excluding hydrogens is 452 g/mol. The van der Waals surface area contributed by atoms with Crippen LogP contribution >= 0.6 is 0 Å². The lowest BCUT2D eigenvalue weighted by Crippen LogP contribution is -2.52. The van der Waals surface area contributed by atoms with Crippen molar-refractivity contribution in [1.82, 2.24) is 19.8 Å². The van der Waals surface area contributed by atoms with Crippen molar-refractivity contribution >= 4 is 34.3 Å². The van der Waals surface area contributed by atoms with Crippen LogP contribution in [0.25, 0.3) is 16.7 Å². The van der Waals surface area contributed by atoms with Crippen molar-refractivity contribution in [3.8, 4) is 5.69 Å². The summed E-state index contributed by atoms with van der Waals surface area (Å²) in [4.78, 5) is 34.6. The maximum absolute atomic E-state index is 13.4. The Kier molecular flexibility index (Phi) is 6.58. The van der Waals surface area contributed by atoms with Crippen LogP contribution in [0.2, 0.25) is 0 Å². The van der Waals surface area contributed by atoms with Gasteiger partial charge < -0.3 is 20.4 Å².